The molecule has 2 aromatic rings. The summed E-state index contributed by atoms with van der Waals surface area (Å²) in [6, 6.07) is 12.7. The molecule has 5 nitrogen and oxygen atoms in total. The van der Waals surface area contributed by atoms with E-state index in [1.165, 1.54) is 11.1 Å². The Hall–Kier alpha value is -2.87. The second kappa shape index (κ2) is 8.24. The number of benzene rings is 1. The van der Waals surface area contributed by atoms with Gasteiger partial charge in [-0.05, 0) is 61.8 Å². The molecule has 0 saturated carbocycles. The van der Waals surface area contributed by atoms with Crippen molar-refractivity contribution in [2.75, 3.05) is 24.5 Å². The maximum absolute atomic E-state index is 12.9. The van der Waals surface area contributed by atoms with Crippen LogP contribution in [0.15, 0.2) is 30.3 Å². The zero-order chi connectivity index (χ0) is 20.4. The summed E-state index contributed by atoms with van der Waals surface area (Å²) < 4.78 is 0. The second-order valence-electron chi connectivity index (χ2n) is 8.36. The van der Waals surface area contributed by atoms with Crippen molar-refractivity contribution in [3.8, 4) is 6.07 Å². The lowest BCUT2D eigenvalue weighted by Gasteiger charge is -2.35. The van der Waals surface area contributed by atoms with Crippen molar-refractivity contribution in [2.24, 2.45) is 5.92 Å². The van der Waals surface area contributed by atoms with Gasteiger partial charge in [0.25, 0.3) is 0 Å². The lowest BCUT2D eigenvalue weighted by atomic mass is 9.91. The van der Waals surface area contributed by atoms with Crippen LogP contribution in [0.3, 0.4) is 0 Å². The number of rotatable bonds is 3. The Balaban J connectivity index is 1.35. The number of piperidine rings is 1. The van der Waals surface area contributed by atoms with E-state index in [0.717, 1.165) is 62.5 Å². The highest BCUT2D eigenvalue weighted by molar-refractivity contribution is 5.77. The fraction of sp³-hybridized carbons (Fsp3) is 0.458. The summed E-state index contributed by atoms with van der Waals surface area (Å²) in [5.41, 5.74) is 5.26. The minimum absolute atomic E-state index is 0.278. The molecule has 5 heteroatoms. The summed E-state index contributed by atoms with van der Waals surface area (Å²) in [6.07, 6.45) is 3.52. The van der Waals surface area contributed by atoms with Gasteiger partial charge < -0.3 is 9.80 Å². The molecule has 3 heterocycles. The van der Waals surface area contributed by atoms with Crippen molar-refractivity contribution in [2.45, 2.75) is 46.1 Å². The summed E-state index contributed by atoms with van der Waals surface area (Å²) in [7, 11) is 0. The van der Waals surface area contributed by atoms with Gasteiger partial charge in [0, 0.05) is 38.3 Å². The van der Waals surface area contributed by atoms with Crippen molar-refractivity contribution in [1.82, 2.24) is 9.88 Å². The highest BCUT2D eigenvalue weighted by Crippen LogP contribution is 2.29. The van der Waals surface area contributed by atoms with Gasteiger partial charge in [-0.1, -0.05) is 24.3 Å². The van der Waals surface area contributed by atoms with Gasteiger partial charge in [-0.2, -0.15) is 5.26 Å². The Kier molecular flexibility index (Phi) is 5.53. The summed E-state index contributed by atoms with van der Waals surface area (Å²) in [5.74, 6) is 1.50. The number of aryl methyl sites for hydroxylation is 2. The summed E-state index contributed by atoms with van der Waals surface area (Å²) in [6.45, 7) is 7.22. The van der Waals surface area contributed by atoms with E-state index in [1.807, 2.05) is 24.8 Å². The number of anilines is 1. The molecule has 0 radical (unpaired) electrons. The minimum atomic E-state index is 0.278. The Labute approximate surface area is 173 Å². The van der Waals surface area contributed by atoms with E-state index in [-0.39, 0.29) is 5.91 Å². The summed E-state index contributed by atoms with van der Waals surface area (Å²) in [5, 5.41) is 9.54. The topological polar surface area (TPSA) is 60.2 Å². The molecule has 2 aliphatic rings. The molecule has 1 aromatic heterocycles. The van der Waals surface area contributed by atoms with Gasteiger partial charge >= 0.3 is 0 Å². The zero-order valence-electron chi connectivity index (χ0n) is 17.3. The first-order chi connectivity index (χ1) is 14.0. The number of fused-ring (bicyclic) bond motifs is 1. The predicted molar refractivity (Wildman–Crippen MR) is 114 cm³/mol. The molecule has 0 N–H and O–H groups in total. The van der Waals surface area contributed by atoms with Crippen LogP contribution in [0.2, 0.25) is 0 Å². The molecule has 0 spiro atoms. The van der Waals surface area contributed by atoms with E-state index >= 15 is 0 Å². The molecule has 0 atom stereocenters. The monoisotopic (exact) mass is 388 g/mol. The van der Waals surface area contributed by atoms with Crippen LogP contribution in [0.4, 0.5) is 5.82 Å². The fourth-order valence-corrected chi connectivity index (χ4v) is 4.62. The van der Waals surface area contributed by atoms with E-state index in [1.54, 1.807) is 0 Å². The van der Waals surface area contributed by atoms with Crippen molar-refractivity contribution in [3.05, 3.63) is 58.3 Å². The standard InChI is InChI=1S/C24H28N4O/c1-17-13-18(2)26-24(22(17)15-25)27-10-7-19(8-11-27)14-23(29)28-12-9-20-5-3-4-6-21(20)16-28/h3-6,13,19H,7-12,14,16H2,1-2H3. The van der Waals surface area contributed by atoms with Crippen LogP contribution in [0, 0.1) is 31.1 Å². The summed E-state index contributed by atoms with van der Waals surface area (Å²) >= 11 is 0. The zero-order valence-corrected chi connectivity index (χ0v) is 17.3. The van der Waals surface area contributed by atoms with Gasteiger partial charge in [-0.25, -0.2) is 4.98 Å². The maximum Gasteiger partial charge on any atom is 0.223 e. The molecular formula is C24H28N4O. The van der Waals surface area contributed by atoms with Gasteiger partial charge in [-0.15, -0.1) is 0 Å². The first-order valence-corrected chi connectivity index (χ1v) is 10.5. The van der Waals surface area contributed by atoms with Crippen molar-refractivity contribution in [3.63, 3.8) is 0 Å². The van der Waals surface area contributed by atoms with E-state index in [2.05, 4.69) is 40.2 Å². The molecule has 150 valence electrons. The average molecular weight is 389 g/mol. The molecule has 1 amide bonds. The SMILES string of the molecule is Cc1cc(C)c(C#N)c(N2CCC(CC(=O)N3CCc4ccccc4C3)CC2)n1. The third-order valence-corrected chi connectivity index (χ3v) is 6.30. The Morgan fingerprint density at radius 3 is 2.62 bits per heavy atom. The molecule has 0 aliphatic carbocycles. The number of amides is 1. The number of pyridine rings is 1. The minimum Gasteiger partial charge on any atom is -0.355 e. The van der Waals surface area contributed by atoms with Crippen LogP contribution in [-0.2, 0) is 17.8 Å². The smallest absolute Gasteiger partial charge is 0.223 e. The normalized spacial score (nSPS) is 17.0. The van der Waals surface area contributed by atoms with Crippen molar-refractivity contribution < 1.29 is 4.79 Å². The molecule has 1 aromatic carbocycles. The third-order valence-electron chi connectivity index (χ3n) is 6.30. The molecule has 4 rings (SSSR count). The number of carbonyl (C=O) groups is 1. The molecule has 1 saturated heterocycles. The largest absolute Gasteiger partial charge is 0.355 e. The van der Waals surface area contributed by atoms with Gasteiger partial charge in [0.1, 0.15) is 11.9 Å². The van der Waals surface area contributed by atoms with E-state index in [9.17, 15) is 10.1 Å². The fourth-order valence-electron chi connectivity index (χ4n) is 4.62. The first-order valence-electron chi connectivity index (χ1n) is 10.5. The van der Waals surface area contributed by atoms with Gasteiger partial charge in [0.05, 0.1) is 5.56 Å². The molecular weight excluding hydrogens is 360 g/mol. The number of nitrogens with zero attached hydrogens (tertiary/aromatic N) is 4. The number of aromatic nitrogens is 1. The van der Waals surface area contributed by atoms with E-state index in [4.69, 9.17) is 0 Å². The van der Waals surface area contributed by atoms with E-state index in [0.29, 0.717) is 17.9 Å². The number of hydrogen-bond donors (Lipinski definition) is 0. The van der Waals surface area contributed by atoms with Crippen LogP contribution >= 0.6 is 0 Å². The quantitative estimate of drug-likeness (QED) is 0.803. The maximum atomic E-state index is 12.9. The van der Waals surface area contributed by atoms with Crippen molar-refractivity contribution in [1.29, 1.82) is 5.26 Å². The number of nitriles is 1. The lowest BCUT2D eigenvalue weighted by Crippen LogP contribution is -2.39. The number of carbonyl (C=O) groups excluding carboxylic acids is 1. The van der Waals surface area contributed by atoms with Gasteiger partial charge in [0.2, 0.25) is 5.91 Å². The predicted octanol–water partition coefficient (Wildman–Crippen LogP) is 3.76. The molecule has 0 bridgehead atoms. The highest BCUT2D eigenvalue weighted by Gasteiger charge is 2.27. The van der Waals surface area contributed by atoms with Crippen LogP contribution in [-0.4, -0.2) is 35.4 Å². The third kappa shape index (κ3) is 4.12. The van der Waals surface area contributed by atoms with Gasteiger partial charge in [0.15, 0.2) is 0 Å². The number of hydrogen-bond acceptors (Lipinski definition) is 4. The Morgan fingerprint density at radius 1 is 1.17 bits per heavy atom. The van der Waals surface area contributed by atoms with Crippen LogP contribution in [0.25, 0.3) is 0 Å². The Morgan fingerprint density at radius 2 is 1.90 bits per heavy atom. The lowest BCUT2D eigenvalue weighted by molar-refractivity contribution is -0.133. The first kappa shape index (κ1) is 19.4. The molecule has 1 fully saturated rings. The Bertz CT molecular complexity index is 954. The van der Waals surface area contributed by atoms with Crippen LogP contribution in [0.5, 0.6) is 0 Å². The molecule has 0 unspecified atom stereocenters. The van der Waals surface area contributed by atoms with Crippen LogP contribution in [0.1, 0.15) is 47.2 Å². The summed E-state index contributed by atoms with van der Waals surface area (Å²) in [4.78, 5) is 21.8. The molecule has 29 heavy (non-hydrogen) atoms. The van der Waals surface area contributed by atoms with Crippen LogP contribution < -0.4 is 4.90 Å². The van der Waals surface area contributed by atoms with E-state index < -0.39 is 0 Å². The van der Waals surface area contributed by atoms with Crippen molar-refractivity contribution >= 4 is 11.7 Å². The average Bonchev–Trinajstić information content (AvgIpc) is 2.73. The molecule has 2 aliphatic heterocycles. The second-order valence-corrected chi connectivity index (χ2v) is 8.36. The van der Waals surface area contributed by atoms with Gasteiger partial charge in [-0.3, -0.25) is 4.79 Å². The highest BCUT2D eigenvalue weighted by atomic mass is 16.2.